The molecule has 3 aromatic rings. The van der Waals surface area contributed by atoms with E-state index in [1.165, 1.54) is 0 Å². The number of rotatable bonds is 4. The normalized spacial score (nSPS) is 11.0. The maximum absolute atomic E-state index is 6.41. The van der Waals surface area contributed by atoms with Gasteiger partial charge < -0.3 is 5.32 Å². The van der Waals surface area contributed by atoms with Gasteiger partial charge in [-0.1, -0.05) is 48.9 Å². The molecule has 0 spiro atoms. The molecule has 0 unspecified atom stereocenters. The molecular formula is C18H17ClN2. The van der Waals surface area contributed by atoms with Crippen molar-refractivity contribution in [1.82, 2.24) is 10.3 Å². The topological polar surface area (TPSA) is 24.9 Å². The molecule has 3 heteroatoms. The van der Waals surface area contributed by atoms with Crippen LogP contribution >= 0.6 is 11.6 Å². The van der Waals surface area contributed by atoms with Crippen LogP contribution < -0.4 is 5.32 Å². The summed E-state index contributed by atoms with van der Waals surface area (Å²) in [6.45, 7) is 3.82. The van der Waals surface area contributed by atoms with Crippen molar-refractivity contribution in [3.8, 4) is 11.1 Å². The number of nitrogens with one attached hydrogen (secondary N) is 1. The van der Waals surface area contributed by atoms with Gasteiger partial charge in [0.05, 0.1) is 5.52 Å². The molecule has 1 heterocycles. The van der Waals surface area contributed by atoms with Gasteiger partial charge in [0, 0.05) is 23.2 Å². The molecule has 0 aliphatic carbocycles. The second kappa shape index (κ2) is 6.25. The van der Waals surface area contributed by atoms with Gasteiger partial charge in [-0.2, -0.15) is 0 Å². The Labute approximate surface area is 129 Å². The molecule has 0 saturated carbocycles. The third-order valence-electron chi connectivity index (χ3n) is 3.58. The summed E-state index contributed by atoms with van der Waals surface area (Å²) in [6, 6.07) is 16.5. The largest absolute Gasteiger partial charge is 0.313 e. The van der Waals surface area contributed by atoms with Crippen molar-refractivity contribution in [3.63, 3.8) is 0 Å². The van der Waals surface area contributed by atoms with Crippen LogP contribution in [0.15, 0.2) is 54.7 Å². The van der Waals surface area contributed by atoms with Gasteiger partial charge in [0.25, 0.3) is 0 Å². The fourth-order valence-corrected chi connectivity index (χ4v) is 2.72. The van der Waals surface area contributed by atoms with Crippen molar-refractivity contribution in [1.29, 1.82) is 0 Å². The highest BCUT2D eigenvalue weighted by Gasteiger charge is 2.07. The average molecular weight is 297 g/mol. The molecule has 0 aliphatic rings. The summed E-state index contributed by atoms with van der Waals surface area (Å²) >= 11 is 6.41. The standard InChI is InChI=1S/C18H17ClN2/c1-2-20-12-14-9-8-13(11-17(14)19)15-5-3-7-18-16(15)6-4-10-21-18/h3-11,20H,2,12H2,1H3. The summed E-state index contributed by atoms with van der Waals surface area (Å²) in [7, 11) is 0. The van der Waals surface area contributed by atoms with Gasteiger partial charge in [-0.05, 0) is 41.4 Å². The lowest BCUT2D eigenvalue weighted by molar-refractivity contribution is 0.727. The quantitative estimate of drug-likeness (QED) is 0.757. The van der Waals surface area contributed by atoms with Crippen LogP contribution in [0.25, 0.3) is 22.0 Å². The Morgan fingerprint density at radius 1 is 1.10 bits per heavy atom. The highest BCUT2D eigenvalue weighted by Crippen LogP contribution is 2.30. The molecule has 106 valence electrons. The Kier molecular flexibility index (Phi) is 4.18. The zero-order valence-electron chi connectivity index (χ0n) is 11.9. The van der Waals surface area contributed by atoms with Crippen LogP contribution in [0.5, 0.6) is 0 Å². The molecule has 1 aromatic heterocycles. The van der Waals surface area contributed by atoms with Crippen LogP contribution in [0.2, 0.25) is 5.02 Å². The number of halogens is 1. The molecule has 21 heavy (non-hydrogen) atoms. The molecule has 0 atom stereocenters. The molecule has 2 nitrogen and oxygen atoms in total. The summed E-state index contributed by atoms with van der Waals surface area (Å²) < 4.78 is 0. The van der Waals surface area contributed by atoms with Crippen molar-refractivity contribution in [3.05, 3.63) is 65.3 Å². The molecule has 0 saturated heterocycles. The number of benzene rings is 2. The second-order valence-electron chi connectivity index (χ2n) is 4.96. The van der Waals surface area contributed by atoms with Gasteiger partial charge in [0.15, 0.2) is 0 Å². The van der Waals surface area contributed by atoms with Crippen LogP contribution in [-0.2, 0) is 6.54 Å². The fraction of sp³-hybridized carbons (Fsp3) is 0.167. The number of hydrogen-bond acceptors (Lipinski definition) is 2. The monoisotopic (exact) mass is 296 g/mol. The van der Waals surface area contributed by atoms with Gasteiger partial charge in [-0.25, -0.2) is 0 Å². The molecule has 3 rings (SSSR count). The summed E-state index contributed by atoms with van der Waals surface area (Å²) in [6.07, 6.45) is 1.82. The van der Waals surface area contributed by atoms with E-state index in [0.29, 0.717) is 0 Å². The zero-order valence-corrected chi connectivity index (χ0v) is 12.7. The Bertz CT molecular complexity index is 763. The molecule has 0 amide bonds. The van der Waals surface area contributed by atoms with Crippen LogP contribution in [0.1, 0.15) is 12.5 Å². The van der Waals surface area contributed by atoms with Gasteiger partial charge in [-0.3, -0.25) is 4.98 Å². The number of hydrogen-bond donors (Lipinski definition) is 1. The first kappa shape index (κ1) is 14.1. The smallest absolute Gasteiger partial charge is 0.0708 e. The van der Waals surface area contributed by atoms with Crippen molar-refractivity contribution in [2.24, 2.45) is 0 Å². The van der Waals surface area contributed by atoms with E-state index in [-0.39, 0.29) is 0 Å². The van der Waals surface area contributed by atoms with E-state index in [9.17, 15) is 0 Å². The fourth-order valence-electron chi connectivity index (χ4n) is 2.47. The average Bonchev–Trinajstić information content (AvgIpc) is 2.53. The first-order valence-corrected chi connectivity index (χ1v) is 7.50. The molecule has 1 N–H and O–H groups in total. The van der Waals surface area contributed by atoms with Crippen molar-refractivity contribution in [2.45, 2.75) is 13.5 Å². The summed E-state index contributed by atoms with van der Waals surface area (Å²) in [5.41, 5.74) is 4.42. The lowest BCUT2D eigenvalue weighted by Gasteiger charge is -2.10. The number of nitrogens with zero attached hydrogens (tertiary/aromatic N) is 1. The molecule has 0 radical (unpaired) electrons. The van der Waals surface area contributed by atoms with E-state index in [1.54, 1.807) is 0 Å². The van der Waals surface area contributed by atoms with Crippen LogP contribution in [0, 0.1) is 0 Å². The van der Waals surface area contributed by atoms with E-state index in [0.717, 1.165) is 45.7 Å². The number of fused-ring (bicyclic) bond motifs is 1. The Balaban J connectivity index is 2.05. The zero-order chi connectivity index (χ0) is 14.7. The first-order chi connectivity index (χ1) is 10.3. The second-order valence-corrected chi connectivity index (χ2v) is 5.37. The first-order valence-electron chi connectivity index (χ1n) is 7.13. The Hall–Kier alpha value is -1.90. The van der Waals surface area contributed by atoms with E-state index in [2.05, 4.69) is 41.5 Å². The summed E-state index contributed by atoms with van der Waals surface area (Å²) in [5, 5.41) is 5.25. The third kappa shape index (κ3) is 2.92. The van der Waals surface area contributed by atoms with Gasteiger partial charge in [0.2, 0.25) is 0 Å². The highest BCUT2D eigenvalue weighted by molar-refractivity contribution is 6.31. The summed E-state index contributed by atoms with van der Waals surface area (Å²) in [5.74, 6) is 0. The lowest BCUT2D eigenvalue weighted by Crippen LogP contribution is -2.11. The minimum absolute atomic E-state index is 0.798. The van der Waals surface area contributed by atoms with Crippen molar-refractivity contribution >= 4 is 22.5 Å². The highest BCUT2D eigenvalue weighted by atomic mass is 35.5. The maximum atomic E-state index is 6.41. The Morgan fingerprint density at radius 2 is 2.00 bits per heavy atom. The molecular weight excluding hydrogens is 280 g/mol. The van der Waals surface area contributed by atoms with Gasteiger partial charge >= 0.3 is 0 Å². The maximum Gasteiger partial charge on any atom is 0.0708 e. The minimum Gasteiger partial charge on any atom is -0.313 e. The molecule has 2 aromatic carbocycles. The van der Waals surface area contributed by atoms with Gasteiger partial charge in [-0.15, -0.1) is 0 Å². The van der Waals surface area contributed by atoms with E-state index >= 15 is 0 Å². The van der Waals surface area contributed by atoms with Gasteiger partial charge in [0.1, 0.15) is 0 Å². The summed E-state index contributed by atoms with van der Waals surface area (Å²) in [4.78, 5) is 4.40. The van der Waals surface area contributed by atoms with Crippen LogP contribution in [0.4, 0.5) is 0 Å². The lowest BCUT2D eigenvalue weighted by atomic mass is 9.99. The van der Waals surface area contributed by atoms with Crippen molar-refractivity contribution < 1.29 is 0 Å². The van der Waals surface area contributed by atoms with E-state index in [1.807, 2.05) is 30.5 Å². The van der Waals surface area contributed by atoms with Crippen LogP contribution in [0.3, 0.4) is 0 Å². The molecule has 0 fully saturated rings. The number of aromatic nitrogens is 1. The van der Waals surface area contributed by atoms with Crippen molar-refractivity contribution in [2.75, 3.05) is 6.54 Å². The van der Waals surface area contributed by atoms with Crippen LogP contribution in [-0.4, -0.2) is 11.5 Å². The molecule has 0 bridgehead atoms. The molecule has 0 aliphatic heterocycles. The Morgan fingerprint density at radius 3 is 2.81 bits per heavy atom. The number of pyridine rings is 1. The minimum atomic E-state index is 0.798. The van der Waals surface area contributed by atoms with E-state index < -0.39 is 0 Å². The predicted octanol–water partition coefficient (Wildman–Crippen LogP) is 4.66. The predicted molar refractivity (Wildman–Crippen MR) is 89.6 cm³/mol. The SMILES string of the molecule is CCNCc1ccc(-c2cccc3ncccc23)cc1Cl. The van der Waals surface area contributed by atoms with E-state index in [4.69, 9.17) is 11.6 Å². The third-order valence-corrected chi connectivity index (χ3v) is 3.93.